The number of aryl methyl sites for hydroxylation is 1. The lowest BCUT2D eigenvalue weighted by atomic mass is 10.2. The molecule has 2 aromatic rings. The van der Waals surface area contributed by atoms with Gasteiger partial charge in [-0.25, -0.2) is 4.98 Å². The summed E-state index contributed by atoms with van der Waals surface area (Å²) in [5.41, 5.74) is 0. The number of hydrogen-bond donors (Lipinski definition) is 1. The number of rotatable bonds is 7. The molecule has 3 heterocycles. The normalized spacial score (nSPS) is 16.7. The van der Waals surface area contributed by atoms with Gasteiger partial charge in [0.1, 0.15) is 5.76 Å². The van der Waals surface area contributed by atoms with Crippen LogP contribution in [0.2, 0.25) is 0 Å². The van der Waals surface area contributed by atoms with Crippen LogP contribution < -0.4 is 5.32 Å². The molecule has 1 saturated heterocycles. The molecule has 1 aliphatic rings. The fourth-order valence-electron chi connectivity index (χ4n) is 2.68. The lowest BCUT2D eigenvalue weighted by Gasteiger charge is -2.32. The number of thioether (sulfide) groups is 1. The summed E-state index contributed by atoms with van der Waals surface area (Å²) in [7, 11) is 1.95. The maximum absolute atomic E-state index is 12.3. The summed E-state index contributed by atoms with van der Waals surface area (Å²) in [4.78, 5) is 18.8. The average Bonchev–Trinajstić information content (AvgIpc) is 3.27. The Morgan fingerprint density at radius 2 is 2.20 bits per heavy atom. The zero-order valence-corrected chi connectivity index (χ0v) is 15.4. The molecule has 1 N–H and O–H groups in total. The molecule has 0 radical (unpaired) electrons. The second kappa shape index (κ2) is 8.55. The number of morpholine rings is 1. The largest absolute Gasteiger partial charge is 0.455 e. The van der Waals surface area contributed by atoms with E-state index in [4.69, 9.17) is 9.15 Å². The molecule has 1 atom stereocenters. The molecule has 25 heavy (non-hydrogen) atoms. The van der Waals surface area contributed by atoms with Crippen molar-refractivity contribution in [2.24, 2.45) is 7.05 Å². The molecule has 0 saturated carbocycles. The highest BCUT2D eigenvalue weighted by molar-refractivity contribution is 7.98. The van der Waals surface area contributed by atoms with E-state index in [1.807, 2.05) is 23.9 Å². The standard InChI is InChI=1S/C17H24N4O3S/c1-13(21-7-9-23-10-8-21)11-19-16(22)15-4-3-14(24-15)12-25-17-18-5-6-20(17)2/h3-6,13H,7-12H2,1-2H3,(H,19,22)/t13-/m1/s1. The van der Waals surface area contributed by atoms with Gasteiger partial charge in [-0.15, -0.1) is 0 Å². The van der Waals surface area contributed by atoms with Crippen molar-refractivity contribution in [2.75, 3.05) is 32.8 Å². The Bertz CT molecular complexity index is 694. The summed E-state index contributed by atoms with van der Waals surface area (Å²) < 4.78 is 13.0. The van der Waals surface area contributed by atoms with Crippen LogP contribution in [0.1, 0.15) is 23.2 Å². The quantitative estimate of drug-likeness (QED) is 0.755. The Labute approximate surface area is 151 Å². The zero-order chi connectivity index (χ0) is 17.6. The summed E-state index contributed by atoms with van der Waals surface area (Å²) in [6, 6.07) is 3.85. The third-order valence-electron chi connectivity index (χ3n) is 4.23. The molecule has 7 nitrogen and oxygen atoms in total. The van der Waals surface area contributed by atoms with Gasteiger partial charge in [0.2, 0.25) is 0 Å². The zero-order valence-electron chi connectivity index (χ0n) is 14.6. The summed E-state index contributed by atoms with van der Waals surface area (Å²) in [5.74, 6) is 1.58. The molecule has 1 fully saturated rings. The van der Waals surface area contributed by atoms with Gasteiger partial charge in [-0.3, -0.25) is 9.69 Å². The average molecular weight is 364 g/mol. The molecule has 136 valence electrons. The van der Waals surface area contributed by atoms with Crippen LogP contribution in [0.4, 0.5) is 0 Å². The van der Waals surface area contributed by atoms with E-state index in [0.29, 0.717) is 18.1 Å². The Balaban J connectivity index is 1.46. The molecule has 0 bridgehead atoms. The Morgan fingerprint density at radius 1 is 1.40 bits per heavy atom. The predicted octanol–water partition coefficient (Wildman–Crippen LogP) is 1.76. The number of nitrogens with zero attached hydrogens (tertiary/aromatic N) is 3. The first-order valence-corrected chi connectivity index (χ1v) is 9.41. The number of hydrogen-bond acceptors (Lipinski definition) is 6. The lowest BCUT2D eigenvalue weighted by molar-refractivity contribution is 0.0203. The number of ether oxygens (including phenoxy) is 1. The first kappa shape index (κ1) is 18.0. The van der Waals surface area contributed by atoms with Crippen LogP contribution in [0.3, 0.4) is 0 Å². The van der Waals surface area contributed by atoms with Crippen LogP contribution in [0, 0.1) is 0 Å². The van der Waals surface area contributed by atoms with Crippen molar-refractivity contribution < 1.29 is 13.9 Å². The van der Waals surface area contributed by atoms with E-state index in [-0.39, 0.29) is 11.9 Å². The van der Waals surface area contributed by atoms with Crippen LogP contribution in [0.5, 0.6) is 0 Å². The van der Waals surface area contributed by atoms with Crippen molar-refractivity contribution in [2.45, 2.75) is 23.9 Å². The minimum absolute atomic E-state index is 0.173. The summed E-state index contributed by atoms with van der Waals surface area (Å²) in [6.07, 6.45) is 3.66. The van der Waals surface area contributed by atoms with Gasteiger partial charge in [-0.2, -0.15) is 0 Å². The monoisotopic (exact) mass is 364 g/mol. The predicted molar refractivity (Wildman–Crippen MR) is 95.7 cm³/mol. The maximum Gasteiger partial charge on any atom is 0.287 e. The molecule has 1 amide bonds. The van der Waals surface area contributed by atoms with E-state index in [9.17, 15) is 4.79 Å². The van der Waals surface area contributed by atoms with Crippen LogP contribution in [-0.4, -0.2) is 59.2 Å². The molecular formula is C17H24N4O3S. The maximum atomic E-state index is 12.3. The van der Waals surface area contributed by atoms with E-state index >= 15 is 0 Å². The Hall–Kier alpha value is -1.77. The summed E-state index contributed by atoms with van der Waals surface area (Å²) in [5, 5.41) is 3.87. The van der Waals surface area contributed by atoms with Gasteiger partial charge in [0.15, 0.2) is 10.9 Å². The topological polar surface area (TPSA) is 72.5 Å². The molecule has 0 aromatic carbocycles. The molecule has 0 spiro atoms. The number of amides is 1. The summed E-state index contributed by atoms with van der Waals surface area (Å²) in [6.45, 7) is 6.04. The third kappa shape index (κ3) is 4.87. The van der Waals surface area contributed by atoms with Crippen LogP contribution >= 0.6 is 11.8 Å². The molecular weight excluding hydrogens is 340 g/mol. The minimum Gasteiger partial charge on any atom is -0.455 e. The molecule has 0 unspecified atom stereocenters. The van der Waals surface area contributed by atoms with E-state index in [2.05, 4.69) is 22.1 Å². The molecule has 8 heteroatoms. The SMILES string of the molecule is C[C@H](CNC(=O)c1ccc(CSc2nccn2C)o1)N1CCOCC1. The number of carbonyl (C=O) groups excluding carboxylic acids is 1. The number of nitrogens with one attached hydrogen (secondary N) is 1. The van der Waals surface area contributed by atoms with Gasteiger partial charge in [-0.05, 0) is 19.1 Å². The van der Waals surface area contributed by atoms with Gasteiger partial charge in [0, 0.05) is 45.1 Å². The Kier molecular flexibility index (Phi) is 6.17. The first-order chi connectivity index (χ1) is 12.1. The highest BCUT2D eigenvalue weighted by Gasteiger charge is 2.19. The third-order valence-corrected chi connectivity index (χ3v) is 5.31. The van der Waals surface area contributed by atoms with Gasteiger partial charge in [0.25, 0.3) is 5.91 Å². The smallest absolute Gasteiger partial charge is 0.287 e. The summed E-state index contributed by atoms with van der Waals surface area (Å²) >= 11 is 1.58. The highest BCUT2D eigenvalue weighted by atomic mass is 32.2. The van der Waals surface area contributed by atoms with Gasteiger partial charge < -0.3 is 19.0 Å². The number of aromatic nitrogens is 2. The first-order valence-electron chi connectivity index (χ1n) is 8.42. The van der Waals surface area contributed by atoms with Crippen molar-refractivity contribution in [1.82, 2.24) is 19.8 Å². The van der Waals surface area contributed by atoms with E-state index < -0.39 is 0 Å². The van der Waals surface area contributed by atoms with E-state index in [1.54, 1.807) is 24.0 Å². The van der Waals surface area contributed by atoms with Crippen LogP contribution in [0.25, 0.3) is 0 Å². The number of furan rings is 1. The van der Waals surface area contributed by atoms with Crippen molar-refractivity contribution in [1.29, 1.82) is 0 Å². The second-order valence-corrected chi connectivity index (χ2v) is 7.03. The number of imidazole rings is 1. The Morgan fingerprint density at radius 3 is 2.92 bits per heavy atom. The van der Waals surface area contributed by atoms with Crippen molar-refractivity contribution in [3.63, 3.8) is 0 Å². The van der Waals surface area contributed by atoms with Crippen molar-refractivity contribution in [3.05, 3.63) is 36.0 Å². The van der Waals surface area contributed by atoms with E-state index in [0.717, 1.165) is 37.2 Å². The van der Waals surface area contributed by atoms with Gasteiger partial charge in [-0.1, -0.05) is 11.8 Å². The minimum atomic E-state index is -0.173. The van der Waals surface area contributed by atoms with Crippen molar-refractivity contribution in [3.8, 4) is 0 Å². The van der Waals surface area contributed by atoms with Gasteiger partial charge in [0.05, 0.1) is 19.0 Å². The lowest BCUT2D eigenvalue weighted by Crippen LogP contribution is -2.47. The van der Waals surface area contributed by atoms with Crippen LogP contribution in [0.15, 0.2) is 34.1 Å². The van der Waals surface area contributed by atoms with Crippen LogP contribution in [-0.2, 0) is 17.5 Å². The molecule has 1 aliphatic heterocycles. The van der Waals surface area contributed by atoms with Crippen molar-refractivity contribution >= 4 is 17.7 Å². The second-order valence-electron chi connectivity index (χ2n) is 6.08. The van der Waals surface area contributed by atoms with Gasteiger partial charge >= 0.3 is 0 Å². The molecule has 3 rings (SSSR count). The fourth-order valence-corrected chi connectivity index (χ4v) is 3.51. The molecule has 2 aromatic heterocycles. The van der Waals surface area contributed by atoms with E-state index in [1.165, 1.54) is 0 Å². The molecule has 0 aliphatic carbocycles. The number of carbonyl (C=O) groups is 1. The highest BCUT2D eigenvalue weighted by Crippen LogP contribution is 2.21. The fraction of sp³-hybridized carbons (Fsp3) is 0.529.